The maximum absolute atomic E-state index is 5.51. The quantitative estimate of drug-likeness (QED) is 0.518. The second-order valence-corrected chi connectivity index (χ2v) is 3.39. The molecule has 2 heteroatoms. The van der Waals surface area contributed by atoms with Gasteiger partial charge in [-0.1, -0.05) is 37.8 Å². The van der Waals surface area contributed by atoms with Gasteiger partial charge < -0.3 is 9.47 Å². The molecule has 0 atom stereocenters. The fraction of sp³-hybridized carbons (Fsp3) is 0.200. The lowest BCUT2D eigenvalue weighted by atomic mass is 10.3. The van der Waals surface area contributed by atoms with E-state index in [1.807, 2.05) is 36.4 Å². The largest absolute Gasteiger partial charge is 0.493 e. The highest BCUT2D eigenvalue weighted by Gasteiger charge is 1.95. The Kier molecular flexibility index (Phi) is 6.34. The number of allylic oxidation sites excluding steroid dienone is 4. The monoisotopic (exact) mass is 230 g/mol. The van der Waals surface area contributed by atoms with Gasteiger partial charge in [0, 0.05) is 6.07 Å². The van der Waals surface area contributed by atoms with E-state index < -0.39 is 0 Å². The van der Waals surface area contributed by atoms with Crippen molar-refractivity contribution in [3.8, 4) is 11.5 Å². The summed E-state index contributed by atoms with van der Waals surface area (Å²) in [5.74, 6) is 1.60. The van der Waals surface area contributed by atoms with Crippen molar-refractivity contribution in [1.29, 1.82) is 0 Å². The minimum absolute atomic E-state index is 0.724. The Morgan fingerprint density at radius 2 is 2.00 bits per heavy atom. The average Bonchev–Trinajstić information content (AvgIpc) is 2.37. The first-order chi connectivity index (χ1) is 8.36. The van der Waals surface area contributed by atoms with E-state index in [4.69, 9.17) is 9.47 Å². The average molecular weight is 230 g/mol. The van der Waals surface area contributed by atoms with Crippen LogP contribution >= 0.6 is 0 Å². The zero-order valence-electron chi connectivity index (χ0n) is 10.1. The predicted molar refractivity (Wildman–Crippen MR) is 71.3 cm³/mol. The maximum Gasteiger partial charge on any atom is 0.130 e. The van der Waals surface area contributed by atoms with Crippen LogP contribution in [0, 0.1) is 0 Å². The standard InChI is InChI=1S/C15H18O2/c1-3-5-6-7-12-17-15-10-8-9-14(13-15)16-11-4-2/h3,5-10,12-13H,1,4,11H2,2H3. The predicted octanol–water partition coefficient (Wildman–Crippen LogP) is 4.11. The lowest BCUT2D eigenvalue weighted by Gasteiger charge is -2.05. The van der Waals surface area contributed by atoms with Crippen LogP contribution in [0.5, 0.6) is 11.5 Å². The van der Waals surface area contributed by atoms with E-state index in [-0.39, 0.29) is 0 Å². The molecule has 1 aromatic rings. The van der Waals surface area contributed by atoms with E-state index in [2.05, 4.69) is 13.5 Å². The van der Waals surface area contributed by atoms with Gasteiger partial charge in [0.05, 0.1) is 12.9 Å². The number of hydrogen-bond acceptors (Lipinski definition) is 2. The maximum atomic E-state index is 5.51. The second-order valence-electron chi connectivity index (χ2n) is 3.39. The minimum atomic E-state index is 0.724. The molecule has 0 aliphatic carbocycles. The Hall–Kier alpha value is -1.96. The van der Waals surface area contributed by atoms with E-state index in [0.717, 1.165) is 24.5 Å². The van der Waals surface area contributed by atoms with Crippen molar-refractivity contribution in [2.24, 2.45) is 0 Å². The van der Waals surface area contributed by atoms with Crippen LogP contribution in [0.2, 0.25) is 0 Å². The molecule has 1 aromatic carbocycles. The van der Waals surface area contributed by atoms with E-state index in [0.29, 0.717) is 0 Å². The molecule has 90 valence electrons. The topological polar surface area (TPSA) is 18.5 Å². The first-order valence-electron chi connectivity index (χ1n) is 5.70. The van der Waals surface area contributed by atoms with Gasteiger partial charge in [0.15, 0.2) is 0 Å². The first-order valence-corrected chi connectivity index (χ1v) is 5.70. The molecule has 1 rings (SSSR count). The lowest BCUT2D eigenvalue weighted by molar-refractivity contribution is 0.316. The Labute approximate surface area is 103 Å². The van der Waals surface area contributed by atoms with Crippen molar-refractivity contribution in [2.45, 2.75) is 13.3 Å². The molecule has 0 saturated heterocycles. The number of benzene rings is 1. The van der Waals surface area contributed by atoms with Gasteiger partial charge in [-0.15, -0.1) is 0 Å². The summed E-state index contributed by atoms with van der Waals surface area (Å²) in [5, 5.41) is 0. The molecular formula is C15H18O2. The minimum Gasteiger partial charge on any atom is -0.493 e. The van der Waals surface area contributed by atoms with Gasteiger partial charge in [0.1, 0.15) is 11.5 Å². The van der Waals surface area contributed by atoms with E-state index in [9.17, 15) is 0 Å². The molecule has 0 aliphatic heterocycles. The van der Waals surface area contributed by atoms with Crippen molar-refractivity contribution >= 4 is 0 Å². The summed E-state index contributed by atoms with van der Waals surface area (Å²) in [4.78, 5) is 0. The number of ether oxygens (including phenoxy) is 2. The molecule has 0 N–H and O–H groups in total. The smallest absolute Gasteiger partial charge is 0.130 e. The fourth-order valence-corrected chi connectivity index (χ4v) is 1.16. The highest BCUT2D eigenvalue weighted by Crippen LogP contribution is 2.19. The highest BCUT2D eigenvalue weighted by atomic mass is 16.5. The Bertz CT molecular complexity index is 392. The van der Waals surface area contributed by atoms with Crippen LogP contribution in [0.4, 0.5) is 0 Å². The molecule has 0 saturated carbocycles. The van der Waals surface area contributed by atoms with Gasteiger partial charge in [0.25, 0.3) is 0 Å². The normalized spacial score (nSPS) is 10.9. The van der Waals surface area contributed by atoms with Gasteiger partial charge in [0.2, 0.25) is 0 Å². The SMILES string of the molecule is C=CC=CC=COc1cccc(OCCC)c1. The molecule has 0 aromatic heterocycles. The van der Waals surface area contributed by atoms with Crippen LogP contribution in [0.1, 0.15) is 13.3 Å². The zero-order chi connectivity index (χ0) is 12.3. The Balaban J connectivity index is 2.50. The Morgan fingerprint density at radius 1 is 1.18 bits per heavy atom. The molecule has 0 aliphatic rings. The van der Waals surface area contributed by atoms with Crippen molar-refractivity contribution in [3.63, 3.8) is 0 Å². The summed E-state index contributed by atoms with van der Waals surface area (Å²) in [6.07, 6.45) is 9.83. The molecule has 2 nitrogen and oxygen atoms in total. The van der Waals surface area contributed by atoms with Gasteiger partial charge in [-0.05, 0) is 24.6 Å². The molecule has 0 amide bonds. The molecule has 0 radical (unpaired) electrons. The van der Waals surface area contributed by atoms with Gasteiger partial charge in [-0.3, -0.25) is 0 Å². The number of hydrogen-bond donors (Lipinski definition) is 0. The van der Waals surface area contributed by atoms with Crippen molar-refractivity contribution in [3.05, 3.63) is 61.4 Å². The van der Waals surface area contributed by atoms with E-state index in [1.165, 1.54) is 0 Å². The molecule has 0 unspecified atom stereocenters. The van der Waals surface area contributed by atoms with Gasteiger partial charge in [-0.25, -0.2) is 0 Å². The fourth-order valence-electron chi connectivity index (χ4n) is 1.16. The third-order valence-electron chi connectivity index (χ3n) is 1.92. The van der Waals surface area contributed by atoms with Crippen LogP contribution in [-0.4, -0.2) is 6.61 Å². The summed E-state index contributed by atoms with van der Waals surface area (Å²) in [7, 11) is 0. The Morgan fingerprint density at radius 3 is 2.76 bits per heavy atom. The van der Waals surface area contributed by atoms with Crippen molar-refractivity contribution < 1.29 is 9.47 Å². The number of rotatable bonds is 7. The zero-order valence-corrected chi connectivity index (χ0v) is 10.1. The summed E-state index contributed by atoms with van der Waals surface area (Å²) in [6, 6.07) is 7.59. The van der Waals surface area contributed by atoms with Crippen LogP contribution < -0.4 is 9.47 Å². The van der Waals surface area contributed by atoms with Crippen LogP contribution in [0.15, 0.2) is 61.4 Å². The molecule has 0 fully saturated rings. The summed E-state index contributed by atoms with van der Waals surface area (Å²) in [5.41, 5.74) is 0. The third-order valence-corrected chi connectivity index (χ3v) is 1.92. The van der Waals surface area contributed by atoms with Crippen molar-refractivity contribution in [2.75, 3.05) is 6.61 Å². The summed E-state index contributed by atoms with van der Waals surface area (Å²) < 4.78 is 10.9. The molecule has 0 heterocycles. The first kappa shape index (κ1) is 13.1. The van der Waals surface area contributed by atoms with Crippen LogP contribution in [0.25, 0.3) is 0 Å². The van der Waals surface area contributed by atoms with Crippen molar-refractivity contribution in [1.82, 2.24) is 0 Å². The highest BCUT2D eigenvalue weighted by molar-refractivity contribution is 5.33. The molecular weight excluding hydrogens is 212 g/mol. The van der Waals surface area contributed by atoms with Crippen LogP contribution in [0.3, 0.4) is 0 Å². The van der Waals surface area contributed by atoms with Crippen LogP contribution in [-0.2, 0) is 0 Å². The van der Waals surface area contributed by atoms with E-state index in [1.54, 1.807) is 18.4 Å². The molecule has 17 heavy (non-hydrogen) atoms. The third kappa shape index (κ3) is 5.61. The second kappa shape index (κ2) is 8.22. The lowest BCUT2D eigenvalue weighted by Crippen LogP contribution is -1.94. The van der Waals surface area contributed by atoms with Gasteiger partial charge >= 0.3 is 0 Å². The summed E-state index contributed by atoms with van der Waals surface area (Å²) >= 11 is 0. The molecule has 0 spiro atoms. The summed E-state index contributed by atoms with van der Waals surface area (Å²) in [6.45, 7) is 6.38. The van der Waals surface area contributed by atoms with Gasteiger partial charge in [-0.2, -0.15) is 0 Å². The molecule has 0 bridgehead atoms. The van der Waals surface area contributed by atoms with E-state index >= 15 is 0 Å².